The van der Waals surface area contributed by atoms with Gasteiger partial charge >= 0.3 is 12.1 Å². The number of esters is 1. The zero-order valence-electron chi connectivity index (χ0n) is 15.7. The van der Waals surface area contributed by atoms with Crippen LogP contribution in [0, 0.1) is 0 Å². The van der Waals surface area contributed by atoms with Crippen molar-refractivity contribution in [3.8, 4) is 0 Å². The minimum Gasteiger partial charge on any atom is -0.444 e. The average Bonchev–Trinajstić information content (AvgIpc) is 2.71. The van der Waals surface area contributed by atoms with E-state index in [4.69, 9.17) is 9.47 Å². The van der Waals surface area contributed by atoms with Gasteiger partial charge in [-0.15, -0.1) is 0 Å². The first-order chi connectivity index (χ1) is 14.0. The van der Waals surface area contributed by atoms with E-state index in [0.717, 1.165) is 10.5 Å². The number of hydrogen-bond donors (Lipinski definition) is 1. The SMILES string of the molecule is CC(=O)O[C@@H]1NC(=O)[C@H]1N(C(=O)Cc1ccccc1)C(=O)OCc1ccccc1. The number of carbonyl (C=O) groups is 4. The summed E-state index contributed by atoms with van der Waals surface area (Å²) in [6.45, 7) is 1.10. The van der Waals surface area contributed by atoms with E-state index in [9.17, 15) is 19.2 Å². The molecule has 29 heavy (non-hydrogen) atoms. The lowest BCUT2D eigenvalue weighted by Crippen LogP contribution is -2.72. The van der Waals surface area contributed by atoms with Crippen molar-refractivity contribution in [3.63, 3.8) is 0 Å². The maximum atomic E-state index is 12.9. The molecule has 0 spiro atoms. The molecule has 0 aliphatic carbocycles. The number of nitrogens with zero attached hydrogens (tertiary/aromatic N) is 1. The number of hydrogen-bond acceptors (Lipinski definition) is 6. The third kappa shape index (κ3) is 4.98. The van der Waals surface area contributed by atoms with Gasteiger partial charge in [0.25, 0.3) is 5.91 Å². The second-order valence-electron chi connectivity index (χ2n) is 6.45. The Hall–Kier alpha value is -3.68. The number of imide groups is 1. The fourth-order valence-electron chi connectivity index (χ4n) is 2.89. The van der Waals surface area contributed by atoms with Crippen LogP contribution < -0.4 is 5.32 Å². The Morgan fingerprint density at radius 1 is 0.966 bits per heavy atom. The number of benzene rings is 2. The fourth-order valence-corrected chi connectivity index (χ4v) is 2.89. The number of β-lactam (4-membered cyclic amide) rings is 1. The van der Waals surface area contributed by atoms with Crippen molar-refractivity contribution in [1.82, 2.24) is 10.2 Å². The molecular weight excluding hydrogens is 376 g/mol. The van der Waals surface area contributed by atoms with Gasteiger partial charge in [0.15, 0.2) is 6.04 Å². The lowest BCUT2D eigenvalue weighted by atomic mass is 10.0. The van der Waals surface area contributed by atoms with Crippen LogP contribution in [0.15, 0.2) is 60.7 Å². The van der Waals surface area contributed by atoms with Gasteiger partial charge in [0.1, 0.15) is 6.61 Å². The van der Waals surface area contributed by atoms with Crippen molar-refractivity contribution < 1.29 is 28.7 Å². The molecule has 150 valence electrons. The van der Waals surface area contributed by atoms with E-state index < -0.39 is 36.1 Å². The zero-order chi connectivity index (χ0) is 20.8. The largest absolute Gasteiger partial charge is 0.444 e. The Balaban J connectivity index is 1.78. The van der Waals surface area contributed by atoms with Gasteiger partial charge in [0, 0.05) is 6.92 Å². The van der Waals surface area contributed by atoms with Crippen LogP contribution in [0.25, 0.3) is 0 Å². The highest BCUT2D eigenvalue weighted by atomic mass is 16.6. The molecule has 1 aliphatic heterocycles. The lowest BCUT2D eigenvalue weighted by molar-refractivity contribution is -0.172. The zero-order valence-corrected chi connectivity index (χ0v) is 15.7. The van der Waals surface area contributed by atoms with E-state index >= 15 is 0 Å². The van der Waals surface area contributed by atoms with Crippen LogP contribution in [0.5, 0.6) is 0 Å². The topological polar surface area (TPSA) is 102 Å². The van der Waals surface area contributed by atoms with Crippen LogP contribution >= 0.6 is 0 Å². The van der Waals surface area contributed by atoms with Gasteiger partial charge in [-0.2, -0.15) is 0 Å². The van der Waals surface area contributed by atoms with Gasteiger partial charge in [0.2, 0.25) is 12.1 Å². The molecule has 0 aromatic heterocycles. The molecule has 3 amide bonds. The summed E-state index contributed by atoms with van der Waals surface area (Å²) in [5.41, 5.74) is 1.40. The van der Waals surface area contributed by atoms with Gasteiger partial charge < -0.3 is 14.8 Å². The molecule has 8 nitrogen and oxygen atoms in total. The van der Waals surface area contributed by atoms with E-state index in [0.29, 0.717) is 5.56 Å². The second kappa shape index (κ2) is 9.01. The Morgan fingerprint density at radius 3 is 2.10 bits per heavy atom. The molecule has 1 heterocycles. The Labute approximate surface area is 167 Å². The fraction of sp³-hybridized carbons (Fsp3) is 0.238. The van der Waals surface area contributed by atoms with Crippen LogP contribution in [-0.2, 0) is 36.9 Å². The maximum absolute atomic E-state index is 12.9. The Bertz CT molecular complexity index is 900. The Morgan fingerprint density at radius 2 is 1.55 bits per heavy atom. The molecule has 0 bridgehead atoms. The molecule has 8 heteroatoms. The summed E-state index contributed by atoms with van der Waals surface area (Å²) in [7, 11) is 0. The first-order valence-corrected chi connectivity index (χ1v) is 9.00. The summed E-state index contributed by atoms with van der Waals surface area (Å²) < 4.78 is 10.2. The van der Waals surface area contributed by atoms with Gasteiger partial charge in [-0.3, -0.25) is 14.4 Å². The summed E-state index contributed by atoms with van der Waals surface area (Å²) in [5.74, 6) is -1.88. The molecule has 0 saturated carbocycles. The molecule has 0 unspecified atom stereocenters. The smallest absolute Gasteiger partial charge is 0.417 e. The summed E-state index contributed by atoms with van der Waals surface area (Å²) >= 11 is 0. The standard InChI is InChI=1S/C21H20N2O6/c1-14(24)29-20-18(19(26)22-20)23(17(25)12-15-8-4-2-5-9-15)21(27)28-13-16-10-6-3-7-11-16/h2-11,18,20H,12-13H2,1H3,(H,22,26)/t18-,20+/m1/s1. The molecule has 3 rings (SSSR count). The number of nitrogens with one attached hydrogen (secondary N) is 1. The molecule has 0 radical (unpaired) electrons. The highest BCUT2D eigenvalue weighted by molar-refractivity contribution is 6.01. The minimum absolute atomic E-state index is 0.0681. The number of carbonyl (C=O) groups excluding carboxylic acids is 4. The summed E-state index contributed by atoms with van der Waals surface area (Å²) in [6.07, 6.45) is -2.20. The number of ether oxygens (including phenoxy) is 2. The van der Waals surface area contributed by atoms with Gasteiger partial charge in [0.05, 0.1) is 6.42 Å². The van der Waals surface area contributed by atoms with Crippen molar-refractivity contribution in [2.75, 3.05) is 0 Å². The number of rotatable bonds is 6. The second-order valence-corrected chi connectivity index (χ2v) is 6.45. The monoisotopic (exact) mass is 396 g/mol. The molecule has 2 atom stereocenters. The summed E-state index contributed by atoms with van der Waals surface area (Å²) in [6, 6.07) is 16.4. The van der Waals surface area contributed by atoms with E-state index in [1.807, 2.05) is 6.07 Å². The summed E-state index contributed by atoms with van der Waals surface area (Å²) in [5, 5.41) is 2.37. The average molecular weight is 396 g/mol. The predicted molar refractivity (Wildman–Crippen MR) is 101 cm³/mol. The third-order valence-electron chi connectivity index (χ3n) is 4.28. The van der Waals surface area contributed by atoms with Gasteiger partial charge in [-0.05, 0) is 11.1 Å². The van der Waals surface area contributed by atoms with Crippen LogP contribution in [-0.4, -0.2) is 41.0 Å². The molecule has 1 fully saturated rings. The number of amides is 3. The van der Waals surface area contributed by atoms with Crippen LogP contribution in [0.2, 0.25) is 0 Å². The quantitative estimate of drug-likeness (QED) is 0.590. The van der Waals surface area contributed by atoms with Crippen molar-refractivity contribution in [2.45, 2.75) is 32.2 Å². The lowest BCUT2D eigenvalue weighted by Gasteiger charge is -2.40. The molecule has 1 aliphatic rings. The van der Waals surface area contributed by atoms with Crippen molar-refractivity contribution in [2.24, 2.45) is 0 Å². The molecule has 1 N–H and O–H groups in total. The van der Waals surface area contributed by atoms with Gasteiger partial charge in [-0.25, -0.2) is 9.69 Å². The molecule has 2 aromatic rings. The van der Waals surface area contributed by atoms with E-state index in [1.54, 1.807) is 54.6 Å². The summed E-state index contributed by atoms with van der Waals surface area (Å²) in [4.78, 5) is 49.7. The highest BCUT2D eigenvalue weighted by Crippen LogP contribution is 2.20. The predicted octanol–water partition coefficient (Wildman–Crippen LogP) is 1.78. The van der Waals surface area contributed by atoms with Crippen LogP contribution in [0.3, 0.4) is 0 Å². The molecular formula is C21H20N2O6. The molecule has 1 saturated heterocycles. The van der Waals surface area contributed by atoms with Gasteiger partial charge in [-0.1, -0.05) is 60.7 Å². The first-order valence-electron chi connectivity index (χ1n) is 9.00. The van der Waals surface area contributed by atoms with Crippen molar-refractivity contribution in [3.05, 3.63) is 71.8 Å². The van der Waals surface area contributed by atoms with Crippen LogP contribution in [0.4, 0.5) is 4.79 Å². The third-order valence-corrected chi connectivity index (χ3v) is 4.28. The maximum Gasteiger partial charge on any atom is 0.417 e. The Kier molecular flexibility index (Phi) is 6.23. The van der Waals surface area contributed by atoms with Crippen molar-refractivity contribution >= 4 is 23.9 Å². The van der Waals surface area contributed by atoms with Crippen LogP contribution in [0.1, 0.15) is 18.1 Å². The first kappa shape index (κ1) is 20.1. The van der Waals surface area contributed by atoms with Crippen molar-refractivity contribution in [1.29, 1.82) is 0 Å². The van der Waals surface area contributed by atoms with E-state index in [2.05, 4.69) is 5.32 Å². The highest BCUT2D eigenvalue weighted by Gasteiger charge is 2.50. The van der Waals surface area contributed by atoms with E-state index in [-0.39, 0.29) is 13.0 Å². The van der Waals surface area contributed by atoms with E-state index in [1.165, 1.54) is 6.92 Å². The minimum atomic E-state index is -1.28. The molecule has 2 aromatic carbocycles. The normalized spacial score (nSPS) is 17.5.